The Morgan fingerprint density at radius 2 is 2.00 bits per heavy atom. The van der Waals surface area contributed by atoms with E-state index in [4.69, 9.17) is 10.2 Å². The van der Waals surface area contributed by atoms with Crippen molar-refractivity contribution in [2.45, 2.75) is 12.2 Å². The van der Waals surface area contributed by atoms with Crippen molar-refractivity contribution in [3.8, 4) is 0 Å². The Morgan fingerprint density at radius 3 is 2.59 bits per heavy atom. The maximum absolute atomic E-state index is 11.6. The van der Waals surface area contributed by atoms with Crippen LogP contribution in [0.15, 0.2) is 24.3 Å². The van der Waals surface area contributed by atoms with E-state index >= 15 is 0 Å². The number of hydrogen-bond donors (Lipinski definition) is 2. The van der Waals surface area contributed by atoms with E-state index in [9.17, 15) is 13.2 Å². The number of hydrogen-bond acceptors (Lipinski definition) is 4. The molecule has 0 spiro atoms. The maximum atomic E-state index is 11.6. The molecule has 0 amide bonds. The van der Waals surface area contributed by atoms with Crippen molar-refractivity contribution in [3.63, 3.8) is 0 Å². The fraction of sp³-hybridized carbons (Fsp3) is 0.364. The van der Waals surface area contributed by atoms with Crippen molar-refractivity contribution >= 4 is 15.8 Å². The second-order valence-electron chi connectivity index (χ2n) is 3.67. The van der Waals surface area contributed by atoms with Gasteiger partial charge in [-0.1, -0.05) is 12.1 Å². The SMILES string of the molecule is O=C(O)c1cccc(CS(=O)(=O)CCCO)c1. The predicted octanol–water partition coefficient (Wildman–Crippen LogP) is 0.682. The molecule has 0 radical (unpaired) electrons. The first-order valence-electron chi connectivity index (χ1n) is 5.08. The molecule has 0 aliphatic heterocycles. The summed E-state index contributed by atoms with van der Waals surface area (Å²) in [5, 5.41) is 17.3. The van der Waals surface area contributed by atoms with E-state index in [1.165, 1.54) is 18.2 Å². The molecule has 0 aromatic heterocycles. The van der Waals surface area contributed by atoms with Crippen LogP contribution in [0.1, 0.15) is 22.3 Å². The Morgan fingerprint density at radius 1 is 1.29 bits per heavy atom. The topological polar surface area (TPSA) is 91.7 Å². The molecule has 1 aromatic rings. The van der Waals surface area contributed by atoms with Crippen LogP contribution in [0.25, 0.3) is 0 Å². The van der Waals surface area contributed by atoms with E-state index in [-0.39, 0.29) is 30.1 Å². The first kappa shape index (κ1) is 13.7. The Balaban J connectivity index is 2.81. The third-order valence-electron chi connectivity index (χ3n) is 2.17. The second-order valence-corrected chi connectivity index (χ2v) is 5.86. The number of aromatic carboxylic acids is 1. The van der Waals surface area contributed by atoms with Crippen molar-refractivity contribution in [3.05, 3.63) is 35.4 Å². The Hall–Kier alpha value is -1.40. The van der Waals surface area contributed by atoms with E-state index in [0.717, 1.165) is 0 Å². The quantitative estimate of drug-likeness (QED) is 0.783. The average Bonchev–Trinajstić information content (AvgIpc) is 2.26. The minimum absolute atomic E-state index is 0.0693. The van der Waals surface area contributed by atoms with Gasteiger partial charge in [-0.3, -0.25) is 0 Å². The van der Waals surface area contributed by atoms with E-state index < -0.39 is 15.8 Å². The lowest BCUT2D eigenvalue weighted by Crippen LogP contribution is -2.11. The van der Waals surface area contributed by atoms with Gasteiger partial charge in [0.1, 0.15) is 0 Å². The summed E-state index contributed by atoms with van der Waals surface area (Å²) in [6, 6.07) is 5.84. The lowest BCUT2D eigenvalue weighted by molar-refractivity contribution is 0.0696. The number of benzene rings is 1. The summed E-state index contributed by atoms with van der Waals surface area (Å²) >= 11 is 0. The highest BCUT2D eigenvalue weighted by Gasteiger charge is 2.12. The maximum Gasteiger partial charge on any atom is 0.335 e. The molecule has 17 heavy (non-hydrogen) atoms. The van der Waals surface area contributed by atoms with Gasteiger partial charge in [0, 0.05) is 6.61 Å². The van der Waals surface area contributed by atoms with Gasteiger partial charge in [-0.15, -0.1) is 0 Å². The lowest BCUT2D eigenvalue weighted by atomic mass is 10.1. The van der Waals surface area contributed by atoms with Crippen LogP contribution < -0.4 is 0 Å². The molecular formula is C11H14O5S. The summed E-state index contributed by atoms with van der Waals surface area (Å²) in [7, 11) is -3.29. The highest BCUT2D eigenvalue weighted by atomic mass is 32.2. The van der Waals surface area contributed by atoms with E-state index in [1.54, 1.807) is 6.07 Å². The van der Waals surface area contributed by atoms with Gasteiger partial charge >= 0.3 is 5.97 Å². The van der Waals surface area contributed by atoms with Crippen LogP contribution in [-0.4, -0.2) is 37.0 Å². The fourth-order valence-electron chi connectivity index (χ4n) is 1.40. The summed E-state index contributed by atoms with van der Waals surface area (Å²) in [4.78, 5) is 10.7. The third kappa shape index (κ3) is 4.54. The zero-order valence-corrected chi connectivity index (χ0v) is 9.98. The first-order valence-corrected chi connectivity index (χ1v) is 6.90. The molecule has 6 heteroatoms. The zero-order chi connectivity index (χ0) is 12.9. The Bertz CT molecular complexity index is 492. The van der Waals surface area contributed by atoms with E-state index in [0.29, 0.717) is 5.56 Å². The molecule has 5 nitrogen and oxygen atoms in total. The summed E-state index contributed by atoms with van der Waals surface area (Å²) in [6.45, 7) is -0.172. The molecule has 0 saturated heterocycles. The molecule has 1 rings (SSSR count). The van der Waals surface area contributed by atoms with Gasteiger partial charge in [-0.2, -0.15) is 0 Å². The molecule has 0 heterocycles. The molecule has 2 N–H and O–H groups in total. The van der Waals surface area contributed by atoms with E-state index in [1.807, 2.05) is 0 Å². The molecule has 0 fully saturated rings. The normalized spacial score (nSPS) is 11.4. The van der Waals surface area contributed by atoms with Crippen LogP contribution in [-0.2, 0) is 15.6 Å². The number of rotatable bonds is 6. The molecule has 0 saturated carbocycles. The number of aliphatic hydroxyl groups is 1. The van der Waals surface area contributed by atoms with Crippen LogP contribution in [0.5, 0.6) is 0 Å². The van der Waals surface area contributed by atoms with Gasteiger partial charge in [-0.25, -0.2) is 13.2 Å². The van der Waals surface area contributed by atoms with Gasteiger partial charge in [0.05, 0.1) is 17.1 Å². The molecule has 0 atom stereocenters. The number of carboxylic acids is 1. The molecule has 0 bridgehead atoms. The van der Waals surface area contributed by atoms with Crippen molar-refractivity contribution in [2.75, 3.05) is 12.4 Å². The highest BCUT2D eigenvalue weighted by Crippen LogP contribution is 2.10. The molecule has 0 aliphatic carbocycles. The predicted molar refractivity (Wildman–Crippen MR) is 62.6 cm³/mol. The van der Waals surface area contributed by atoms with Crippen LogP contribution in [0.4, 0.5) is 0 Å². The smallest absolute Gasteiger partial charge is 0.335 e. The molecule has 0 aliphatic rings. The van der Waals surface area contributed by atoms with Gasteiger partial charge in [0.25, 0.3) is 0 Å². The van der Waals surface area contributed by atoms with Gasteiger partial charge in [0.2, 0.25) is 0 Å². The number of carbonyl (C=O) groups is 1. The van der Waals surface area contributed by atoms with Crippen molar-refractivity contribution in [1.29, 1.82) is 0 Å². The summed E-state index contributed by atoms with van der Waals surface area (Å²) in [5.41, 5.74) is 0.516. The van der Waals surface area contributed by atoms with Gasteiger partial charge in [-0.05, 0) is 24.1 Å². The summed E-state index contributed by atoms with van der Waals surface area (Å²) in [6.07, 6.45) is 0.195. The van der Waals surface area contributed by atoms with Crippen LogP contribution in [0.2, 0.25) is 0 Å². The largest absolute Gasteiger partial charge is 0.478 e. The first-order chi connectivity index (χ1) is 7.94. The van der Waals surface area contributed by atoms with Crippen LogP contribution in [0.3, 0.4) is 0 Å². The molecular weight excluding hydrogens is 244 g/mol. The standard InChI is InChI=1S/C11H14O5S/c12-5-2-6-17(15,16)8-9-3-1-4-10(7-9)11(13)14/h1,3-4,7,12H,2,5-6,8H2,(H,13,14). The average molecular weight is 258 g/mol. The van der Waals surface area contributed by atoms with Crippen molar-refractivity contribution in [2.24, 2.45) is 0 Å². The molecule has 94 valence electrons. The Labute approximate surface area is 99.6 Å². The zero-order valence-electron chi connectivity index (χ0n) is 9.17. The van der Waals surface area contributed by atoms with Crippen molar-refractivity contribution in [1.82, 2.24) is 0 Å². The number of sulfone groups is 1. The fourth-order valence-corrected chi connectivity index (χ4v) is 2.81. The number of carboxylic acid groups (broad SMARTS) is 1. The minimum atomic E-state index is -3.29. The molecule has 1 aromatic carbocycles. The second kappa shape index (κ2) is 5.79. The summed E-state index contributed by atoms with van der Waals surface area (Å²) < 4.78 is 23.2. The minimum Gasteiger partial charge on any atom is -0.478 e. The van der Waals surface area contributed by atoms with Gasteiger partial charge < -0.3 is 10.2 Å². The van der Waals surface area contributed by atoms with Crippen molar-refractivity contribution < 1.29 is 23.4 Å². The van der Waals surface area contributed by atoms with E-state index in [2.05, 4.69) is 0 Å². The lowest BCUT2D eigenvalue weighted by Gasteiger charge is -2.04. The third-order valence-corrected chi connectivity index (χ3v) is 3.86. The highest BCUT2D eigenvalue weighted by molar-refractivity contribution is 7.90. The Kier molecular flexibility index (Phi) is 4.65. The molecule has 0 unspecified atom stereocenters. The van der Waals surface area contributed by atoms with Crippen LogP contribution >= 0.6 is 0 Å². The van der Waals surface area contributed by atoms with Crippen LogP contribution in [0, 0.1) is 0 Å². The summed E-state index contributed by atoms with van der Waals surface area (Å²) in [5.74, 6) is -1.38. The van der Waals surface area contributed by atoms with Gasteiger partial charge in [0.15, 0.2) is 9.84 Å². The number of aliphatic hydroxyl groups excluding tert-OH is 1. The monoisotopic (exact) mass is 258 g/mol.